The number of anilines is 2. The number of amides is 2. The Hall–Kier alpha value is -3.61. The van der Waals surface area contributed by atoms with Crippen molar-refractivity contribution < 1.29 is 50.4 Å². The van der Waals surface area contributed by atoms with Gasteiger partial charge in [-0.05, 0) is 66.3 Å². The van der Waals surface area contributed by atoms with E-state index in [9.17, 15) is 41.5 Å². The van der Waals surface area contributed by atoms with Crippen LogP contribution in [0.4, 0.5) is 16.2 Å². The summed E-state index contributed by atoms with van der Waals surface area (Å²) in [5, 5.41) is 40.2. The van der Waals surface area contributed by atoms with Crippen molar-refractivity contribution in [2.24, 2.45) is 11.3 Å². The van der Waals surface area contributed by atoms with Crippen LogP contribution < -0.4 is 15.5 Å². The molecule has 8 atom stereocenters. The Morgan fingerprint density at radius 1 is 0.982 bits per heavy atom. The molecule has 1 aliphatic heterocycles. The van der Waals surface area contributed by atoms with Crippen molar-refractivity contribution in [3.05, 3.63) is 89.5 Å². The summed E-state index contributed by atoms with van der Waals surface area (Å²) in [6.45, 7) is 3.30. The van der Waals surface area contributed by atoms with Gasteiger partial charge in [0.25, 0.3) is 0 Å². The van der Waals surface area contributed by atoms with Gasteiger partial charge in [0.1, 0.15) is 12.2 Å². The predicted molar refractivity (Wildman–Crippen MR) is 208 cm³/mol. The van der Waals surface area contributed by atoms with Crippen LogP contribution in [-0.4, -0.2) is 99.7 Å². The van der Waals surface area contributed by atoms with Gasteiger partial charge in [0.15, 0.2) is 9.84 Å². The highest BCUT2D eigenvalue weighted by atomic mass is 32.3. The van der Waals surface area contributed by atoms with Crippen LogP contribution in [0.15, 0.2) is 77.7 Å². The molecule has 0 saturated heterocycles. The summed E-state index contributed by atoms with van der Waals surface area (Å²) >= 11 is 0. The Kier molecular flexibility index (Phi) is 13.7. The lowest BCUT2D eigenvalue weighted by Crippen LogP contribution is -2.61. The molecular weight excluding hydrogens is 751 g/mol. The molecule has 3 aromatic rings. The third-order valence-electron chi connectivity index (χ3n) is 11.0. The van der Waals surface area contributed by atoms with Gasteiger partial charge in [0.2, 0.25) is 0 Å². The van der Waals surface area contributed by atoms with Crippen molar-refractivity contribution in [1.82, 2.24) is 5.32 Å². The molecule has 2 amide bonds. The number of fused-ring (bicyclic) bond motifs is 1. The molecule has 1 heterocycles. The Morgan fingerprint density at radius 3 is 2.36 bits per heavy atom. The van der Waals surface area contributed by atoms with Gasteiger partial charge >= 0.3 is 16.4 Å². The van der Waals surface area contributed by atoms with Crippen molar-refractivity contribution in [1.29, 1.82) is 0 Å². The van der Waals surface area contributed by atoms with E-state index in [0.29, 0.717) is 29.7 Å². The summed E-state index contributed by atoms with van der Waals surface area (Å²) in [6, 6.07) is 19.2. The average molecular weight is 804 g/mol. The number of benzene rings is 3. The molecule has 1 fully saturated rings. The molecule has 0 spiro atoms. The van der Waals surface area contributed by atoms with Crippen molar-refractivity contribution in [3.63, 3.8) is 0 Å². The van der Waals surface area contributed by atoms with Crippen molar-refractivity contribution >= 4 is 37.6 Å². The summed E-state index contributed by atoms with van der Waals surface area (Å²) in [4.78, 5) is 15.6. The Balaban J connectivity index is 1.43. The number of hydrogen-bond acceptors (Lipinski definition) is 11. The van der Waals surface area contributed by atoms with Crippen LogP contribution in [0.5, 0.6) is 0 Å². The SMILES string of the molecule is CCCC[C@]1(CC)CS(=O)(=O)c2ccc(N(C)C)cc2[C@@H](c2cccc(NC(=O)NC3C[C@H](COS(=O)(=O)O)[C@@H](O)C(OCc4ccccc4)[C@H]3O)c2)C1O. The van der Waals surface area contributed by atoms with Crippen LogP contribution in [0, 0.1) is 11.3 Å². The summed E-state index contributed by atoms with van der Waals surface area (Å²) in [7, 11) is -4.95. The molecule has 6 N–H and O–H groups in total. The Morgan fingerprint density at radius 2 is 1.71 bits per heavy atom. The van der Waals surface area contributed by atoms with Crippen LogP contribution in [-0.2, 0) is 35.8 Å². The topological polar surface area (TPSA) is 212 Å². The number of carbonyl (C=O) groups excluding carboxylic acids is 1. The zero-order valence-corrected chi connectivity index (χ0v) is 33.2. The molecule has 55 heavy (non-hydrogen) atoms. The van der Waals surface area contributed by atoms with Gasteiger partial charge in [-0.2, -0.15) is 8.42 Å². The molecule has 1 saturated carbocycles. The fourth-order valence-electron chi connectivity index (χ4n) is 7.90. The van der Waals surface area contributed by atoms with E-state index in [1.165, 1.54) is 0 Å². The van der Waals surface area contributed by atoms with Crippen molar-refractivity contribution in [2.45, 2.75) is 93.8 Å². The third kappa shape index (κ3) is 10.0. The van der Waals surface area contributed by atoms with Crippen LogP contribution in [0.25, 0.3) is 0 Å². The molecule has 5 rings (SSSR count). The highest BCUT2D eigenvalue weighted by Gasteiger charge is 2.49. The standard InChI is InChI=1S/C39H53N3O11S2/c1-5-7-18-39(6-2)24-54(47,48)32-17-16-29(42(3)4)21-30(32)33(37(39)45)26-14-11-15-28(19-26)40-38(46)41-31-20-27(23-53-55(49,50)51)34(43)36(35(31)44)52-22-25-12-9-8-10-13-25/h8-17,19,21,27,31,33-37,43-45H,5-7,18,20,22-24H2,1-4H3,(H2,40,41,46)(H,49,50,51)/t27-,31?,33-,34-,35+,36?,37?,39-/m1/s1. The van der Waals surface area contributed by atoms with E-state index >= 15 is 0 Å². The quantitative estimate of drug-likeness (QED) is 0.126. The number of aliphatic hydroxyl groups is 3. The maximum absolute atomic E-state index is 14.0. The number of ether oxygens (including phenoxy) is 1. The summed E-state index contributed by atoms with van der Waals surface area (Å²) in [5.74, 6) is -1.93. The third-order valence-corrected chi connectivity index (χ3v) is 13.4. The first-order chi connectivity index (χ1) is 26.0. The maximum Gasteiger partial charge on any atom is 0.397 e. The number of nitrogens with zero attached hydrogens (tertiary/aromatic N) is 1. The summed E-state index contributed by atoms with van der Waals surface area (Å²) in [5.41, 5.74) is 1.96. The largest absolute Gasteiger partial charge is 0.397 e. The van der Waals surface area contributed by atoms with Gasteiger partial charge in [-0.1, -0.05) is 69.2 Å². The minimum atomic E-state index is -4.85. The van der Waals surface area contributed by atoms with E-state index in [-0.39, 0.29) is 23.7 Å². The van der Waals surface area contributed by atoms with E-state index in [0.717, 1.165) is 24.1 Å². The molecule has 3 unspecified atom stereocenters. The van der Waals surface area contributed by atoms with E-state index in [2.05, 4.69) is 14.8 Å². The normalized spacial score (nSPS) is 27.7. The maximum atomic E-state index is 14.0. The van der Waals surface area contributed by atoms with Gasteiger partial charge in [0, 0.05) is 42.7 Å². The minimum Gasteiger partial charge on any atom is -0.392 e. The Bertz CT molecular complexity index is 2000. The first-order valence-electron chi connectivity index (χ1n) is 18.5. The molecule has 16 heteroatoms. The number of aliphatic hydroxyl groups excluding tert-OH is 3. The lowest BCUT2D eigenvalue weighted by atomic mass is 9.69. The van der Waals surface area contributed by atoms with E-state index < -0.39 is 80.6 Å². The van der Waals surface area contributed by atoms with Crippen LogP contribution >= 0.6 is 0 Å². The molecule has 0 radical (unpaired) electrons. The second-order valence-corrected chi connectivity index (χ2v) is 17.9. The van der Waals surface area contributed by atoms with Crippen LogP contribution in [0.3, 0.4) is 0 Å². The highest BCUT2D eigenvalue weighted by Crippen LogP contribution is 2.49. The molecule has 2 aliphatic rings. The van der Waals surface area contributed by atoms with Crippen molar-refractivity contribution in [3.8, 4) is 0 Å². The average Bonchev–Trinajstić information content (AvgIpc) is 3.21. The number of unbranched alkanes of at least 4 members (excludes halogenated alkanes) is 1. The van der Waals surface area contributed by atoms with E-state index in [4.69, 9.17) is 4.74 Å². The van der Waals surface area contributed by atoms with Crippen LogP contribution in [0.1, 0.15) is 68.6 Å². The van der Waals surface area contributed by atoms with Gasteiger partial charge in [-0.3, -0.25) is 4.55 Å². The van der Waals surface area contributed by atoms with Gasteiger partial charge in [-0.25, -0.2) is 17.4 Å². The molecule has 302 valence electrons. The summed E-state index contributed by atoms with van der Waals surface area (Å²) in [6.07, 6.45) is -2.79. The summed E-state index contributed by atoms with van der Waals surface area (Å²) < 4.78 is 70.5. The monoisotopic (exact) mass is 803 g/mol. The molecule has 14 nitrogen and oxygen atoms in total. The Labute approximate surface area is 323 Å². The number of hydrogen-bond donors (Lipinski definition) is 6. The lowest BCUT2D eigenvalue weighted by Gasteiger charge is -2.42. The smallest absolute Gasteiger partial charge is 0.392 e. The molecule has 3 aromatic carbocycles. The fourth-order valence-corrected chi connectivity index (χ4v) is 10.5. The van der Waals surface area contributed by atoms with Gasteiger partial charge in [0.05, 0.1) is 42.1 Å². The first-order valence-corrected chi connectivity index (χ1v) is 21.5. The minimum absolute atomic E-state index is 0.00244. The number of urea groups is 1. The first kappa shape index (κ1) is 42.5. The lowest BCUT2D eigenvalue weighted by molar-refractivity contribution is -0.159. The second-order valence-electron chi connectivity index (χ2n) is 14.9. The van der Waals surface area contributed by atoms with Gasteiger partial charge < -0.3 is 35.6 Å². The molecule has 1 aliphatic carbocycles. The number of sulfone groups is 1. The fraction of sp³-hybridized carbons (Fsp3) is 0.513. The van der Waals surface area contributed by atoms with Gasteiger partial charge in [-0.15, -0.1) is 0 Å². The number of carbonyl (C=O) groups is 1. The zero-order valence-electron chi connectivity index (χ0n) is 31.5. The second kappa shape index (κ2) is 17.7. The molecular formula is C39H53N3O11S2. The zero-order chi connectivity index (χ0) is 40.1. The van der Waals surface area contributed by atoms with E-state index in [1.807, 2.05) is 38.9 Å². The highest BCUT2D eigenvalue weighted by molar-refractivity contribution is 7.91. The van der Waals surface area contributed by atoms with Crippen LogP contribution in [0.2, 0.25) is 0 Å². The molecule has 0 bridgehead atoms. The predicted octanol–water partition coefficient (Wildman–Crippen LogP) is 4.26. The van der Waals surface area contributed by atoms with Crippen molar-refractivity contribution in [2.75, 3.05) is 36.7 Å². The number of rotatable bonds is 14. The van der Waals surface area contributed by atoms with E-state index in [1.54, 1.807) is 66.7 Å². The molecule has 0 aromatic heterocycles. The number of nitrogens with one attached hydrogen (secondary N) is 2.